The third-order valence-electron chi connectivity index (χ3n) is 2.36. The third kappa shape index (κ3) is 3.71. The summed E-state index contributed by atoms with van der Waals surface area (Å²) in [5.41, 5.74) is 5.44. The molecule has 0 bridgehead atoms. The van der Waals surface area contributed by atoms with Gasteiger partial charge in [-0.05, 0) is 20.3 Å². The molecule has 0 saturated carbocycles. The second kappa shape index (κ2) is 6.42. The Kier molecular flexibility index (Phi) is 6.35. The number of nitrogens with two attached hydrogens (primary N) is 1. The normalized spacial score (nSPS) is 14.9. The Labute approximate surface area is 92.3 Å². The quantitative estimate of drug-likeness (QED) is 0.641. The van der Waals surface area contributed by atoms with Gasteiger partial charge < -0.3 is 10.8 Å². The van der Waals surface area contributed by atoms with E-state index in [4.69, 9.17) is 10.8 Å². The summed E-state index contributed by atoms with van der Waals surface area (Å²) < 4.78 is 25.4. The van der Waals surface area contributed by atoms with E-state index < -0.39 is 15.3 Å². The first kappa shape index (κ1) is 14.8. The van der Waals surface area contributed by atoms with Crippen molar-refractivity contribution in [3.8, 4) is 0 Å². The third-order valence-corrected chi connectivity index (χ3v) is 4.99. The zero-order valence-corrected chi connectivity index (χ0v) is 10.5. The van der Waals surface area contributed by atoms with Crippen LogP contribution in [0.2, 0.25) is 0 Å². The second-order valence-electron chi connectivity index (χ2n) is 3.74. The molecule has 92 valence electrons. The zero-order chi connectivity index (χ0) is 12.1. The number of aliphatic hydroxyl groups excluding tert-OH is 1. The van der Waals surface area contributed by atoms with Gasteiger partial charge in [0.15, 0.2) is 0 Å². The molecular formula is C9H22N2O3S. The van der Waals surface area contributed by atoms with Crippen LogP contribution in [0, 0.1) is 0 Å². The van der Waals surface area contributed by atoms with Crippen LogP contribution in [0.3, 0.4) is 0 Å². The van der Waals surface area contributed by atoms with Gasteiger partial charge in [-0.1, -0.05) is 6.92 Å². The van der Waals surface area contributed by atoms with Gasteiger partial charge in [-0.15, -0.1) is 0 Å². The molecule has 0 rings (SSSR count). The summed E-state index contributed by atoms with van der Waals surface area (Å²) in [5.74, 6) is 0. The molecule has 0 amide bonds. The first-order valence-corrected chi connectivity index (χ1v) is 6.73. The van der Waals surface area contributed by atoms with Gasteiger partial charge in [0.25, 0.3) is 0 Å². The van der Waals surface area contributed by atoms with E-state index in [0.717, 1.165) is 0 Å². The molecule has 0 fully saturated rings. The summed E-state index contributed by atoms with van der Waals surface area (Å²) in [5, 5.41) is 8.29. The second-order valence-corrected chi connectivity index (χ2v) is 5.90. The van der Waals surface area contributed by atoms with E-state index >= 15 is 0 Å². The molecule has 6 heteroatoms. The SMILES string of the molecule is CCC(CN)S(=O)(=O)N(CCO)C(C)C. The van der Waals surface area contributed by atoms with Crippen LogP contribution in [0.15, 0.2) is 0 Å². The van der Waals surface area contributed by atoms with Gasteiger partial charge in [-0.25, -0.2) is 8.42 Å². The lowest BCUT2D eigenvalue weighted by Gasteiger charge is -2.28. The van der Waals surface area contributed by atoms with E-state index in [9.17, 15) is 8.42 Å². The van der Waals surface area contributed by atoms with Crippen molar-refractivity contribution in [3.63, 3.8) is 0 Å². The highest BCUT2D eigenvalue weighted by atomic mass is 32.2. The average molecular weight is 238 g/mol. The van der Waals surface area contributed by atoms with Gasteiger partial charge in [0.1, 0.15) is 0 Å². The summed E-state index contributed by atoms with van der Waals surface area (Å²) in [6.07, 6.45) is 0.494. The van der Waals surface area contributed by atoms with Crippen LogP contribution >= 0.6 is 0 Å². The largest absolute Gasteiger partial charge is 0.395 e. The monoisotopic (exact) mass is 238 g/mol. The molecule has 0 saturated heterocycles. The Morgan fingerprint density at radius 2 is 1.93 bits per heavy atom. The fourth-order valence-corrected chi connectivity index (χ4v) is 3.44. The highest BCUT2D eigenvalue weighted by Gasteiger charge is 2.31. The smallest absolute Gasteiger partial charge is 0.218 e. The van der Waals surface area contributed by atoms with Gasteiger partial charge in [0.05, 0.1) is 11.9 Å². The van der Waals surface area contributed by atoms with Crippen molar-refractivity contribution < 1.29 is 13.5 Å². The van der Waals surface area contributed by atoms with Gasteiger partial charge in [-0.3, -0.25) is 0 Å². The molecule has 15 heavy (non-hydrogen) atoms. The van der Waals surface area contributed by atoms with Crippen LogP contribution in [0.5, 0.6) is 0 Å². The van der Waals surface area contributed by atoms with Crippen LogP contribution < -0.4 is 5.73 Å². The number of sulfonamides is 1. The topological polar surface area (TPSA) is 83.6 Å². The summed E-state index contributed by atoms with van der Waals surface area (Å²) in [4.78, 5) is 0. The molecule has 0 aliphatic heterocycles. The van der Waals surface area contributed by atoms with E-state index in [-0.39, 0.29) is 25.7 Å². The number of rotatable bonds is 7. The Morgan fingerprint density at radius 1 is 1.40 bits per heavy atom. The van der Waals surface area contributed by atoms with E-state index in [0.29, 0.717) is 6.42 Å². The van der Waals surface area contributed by atoms with Crippen LogP contribution in [0.4, 0.5) is 0 Å². The van der Waals surface area contributed by atoms with Crippen molar-refractivity contribution in [1.82, 2.24) is 4.31 Å². The highest BCUT2D eigenvalue weighted by molar-refractivity contribution is 7.89. The number of hydrogen-bond donors (Lipinski definition) is 2. The van der Waals surface area contributed by atoms with E-state index in [2.05, 4.69) is 0 Å². The van der Waals surface area contributed by atoms with Gasteiger partial charge in [0.2, 0.25) is 10.0 Å². The molecule has 0 heterocycles. The average Bonchev–Trinajstić information content (AvgIpc) is 2.14. The van der Waals surface area contributed by atoms with Crippen LogP contribution in [-0.4, -0.2) is 48.8 Å². The summed E-state index contributed by atoms with van der Waals surface area (Å²) in [6, 6.07) is -0.150. The van der Waals surface area contributed by atoms with Gasteiger partial charge >= 0.3 is 0 Å². The molecule has 0 spiro atoms. The predicted octanol–water partition coefficient (Wildman–Crippen LogP) is -0.244. The Hall–Kier alpha value is -0.170. The summed E-state index contributed by atoms with van der Waals surface area (Å²) in [7, 11) is -3.38. The molecule has 0 aliphatic rings. The molecule has 5 nitrogen and oxygen atoms in total. The lowest BCUT2D eigenvalue weighted by molar-refractivity contribution is 0.235. The van der Waals surface area contributed by atoms with Crippen LogP contribution in [0.25, 0.3) is 0 Å². The fourth-order valence-electron chi connectivity index (χ4n) is 1.47. The molecule has 3 N–H and O–H groups in total. The van der Waals surface area contributed by atoms with Crippen molar-refractivity contribution in [1.29, 1.82) is 0 Å². The Morgan fingerprint density at radius 3 is 2.20 bits per heavy atom. The molecule has 0 aliphatic carbocycles. The Bertz CT molecular complexity index is 261. The minimum absolute atomic E-state index is 0.119. The molecule has 0 aromatic heterocycles. The maximum atomic E-state index is 12.1. The molecule has 0 radical (unpaired) electrons. The molecule has 0 aromatic rings. The van der Waals surface area contributed by atoms with Crippen molar-refractivity contribution in [2.45, 2.75) is 38.5 Å². The summed E-state index contributed by atoms with van der Waals surface area (Å²) >= 11 is 0. The van der Waals surface area contributed by atoms with Gasteiger partial charge in [-0.2, -0.15) is 4.31 Å². The number of nitrogens with zero attached hydrogens (tertiary/aromatic N) is 1. The molecule has 1 atom stereocenters. The van der Waals surface area contributed by atoms with E-state index in [1.807, 2.05) is 0 Å². The lowest BCUT2D eigenvalue weighted by atomic mass is 10.3. The highest BCUT2D eigenvalue weighted by Crippen LogP contribution is 2.14. The van der Waals surface area contributed by atoms with Gasteiger partial charge in [0, 0.05) is 19.1 Å². The maximum Gasteiger partial charge on any atom is 0.218 e. The number of aliphatic hydroxyl groups is 1. The van der Waals surface area contributed by atoms with E-state index in [1.165, 1.54) is 4.31 Å². The number of hydrogen-bond acceptors (Lipinski definition) is 4. The first-order valence-electron chi connectivity index (χ1n) is 5.23. The minimum atomic E-state index is -3.38. The van der Waals surface area contributed by atoms with Crippen molar-refractivity contribution in [3.05, 3.63) is 0 Å². The molecule has 0 aromatic carbocycles. The first-order chi connectivity index (χ1) is 6.91. The van der Waals surface area contributed by atoms with Crippen molar-refractivity contribution in [2.24, 2.45) is 5.73 Å². The zero-order valence-electron chi connectivity index (χ0n) is 9.68. The molecule has 1 unspecified atom stereocenters. The summed E-state index contributed by atoms with van der Waals surface area (Å²) in [6.45, 7) is 5.46. The van der Waals surface area contributed by atoms with Crippen LogP contribution in [0.1, 0.15) is 27.2 Å². The van der Waals surface area contributed by atoms with Crippen molar-refractivity contribution in [2.75, 3.05) is 19.7 Å². The fraction of sp³-hybridized carbons (Fsp3) is 1.00. The molecular weight excluding hydrogens is 216 g/mol. The lowest BCUT2D eigenvalue weighted by Crippen LogP contribution is -2.46. The van der Waals surface area contributed by atoms with Crippen LogP contribution in [-0.2, 0) is 10.0 Å². The van der Waals surface area contributed by atoms with Crippen molar-refractivity contribution >= 4 is 10.0 Å². The predicted molar refractivity (Wildman–Crippen MR) is 61.0 cm³/mol. The Balaban J connectivity index is 4.93. The minimum Gasteiger partial charge on any atom is -0.395 e. The van der Waals surface area contributed by atoms with E-state index in [1.54, 1.807) is 20.8 Å². The maximum absolute atomic E-state index is 12.1. The standard InChI is InChI=1S/C9H22N2O3S/c1-4-9(7-10)15(13,14)11(5-6-12)8(2)3/h8-9,12H,4-7,10H2,1-3H3.